The van der Waals surface area contributed by atoms with Crippen LogP contribution >= 0.6 is 11.9 Å². The molecule has 0 amide bonds. The van der Waals surface area contributed by atoms with Gasteiger partial charge in [-0.05, 0) is 26.2 Å². The van der Waals surface area contributed by atoms with E-state index in [1.165, 1.54) is 77.5 Å². The van der Waals surface area contributed by atoms with Gasteiger partial charge >= 0.3 is 0 Å². The third-order valence-electron chi connectivity index (χ3n) is 5.09. The topological polar surface area (TPSA) is 15.7 Å². The Balaban J connectivity index is 1.55. The molecule has 0 radical (unpaired) electrons. The molecule has 0 aliphatic carbocycles. The molecule has 2 aliphatic heterocycles. The fraction of sp³-hybridized carbons (Fsp3) is 1.00. The highest BCUT2D eigenvalue weighted by Gasteiger charge is 2.24. The van der Waals surface area contributed by atoms with Crippen molar-refractivity contribution in [2.24, 2.45) is 0 Å². The molecule has 2 aliphatic rings. The lowest BCUT2D eigenvalue weighted by atomic mass is 10.1. The van der Waals surface area contributed by atoms with Gasteiger partial charge in [0.1, 0.15) is 0 Å². The van der Waals surface area contributed by atoms with Crippen LogP contribution in [0.5, 0.6) is 0 Å². The molecule has 0 aromatic carbocycles. The highest BCUT2D eigenvalue weighted by atomic mass is 32.2. The Hall–Kier alpha value is 0.230. The van der Waals surface area contributed by atoms with Gasteiger partial charge in [-0.3, -0.25) is 4.90 Å². The number of hydrogen-bond donors (Lipinski definition) is 0. The molecule has 0 bridgehead atoms. The Kier molecular flexibility index (Phi) is 9.20. The summed E-state index contributed by atoms with van der Waals surface area (Å²) in [6, 6.07) is 0.775. The van der Waals surface area contributed by atoms with Crippen LogP contribution in [0.3, 0.4) is 0 Å². The highest BCUT2D eigenvalue weighted by molar-refractivity contribution is 7.97. The van der Waals surface area contributed by atoms with Gasteiger partial charge in [0.15, 0.2) is 0 Å². The summed E-state index contributed by atoms with van der Waals surface area (Å²) in [5, 5.41) is 0.802. The number of nitrogens with zero attached hydrogens (tertiary/aromatic N) is 2. The van der Waals surface area contributed by atoms with Crippen molar-refractivity contribution in [3.8, 4) is 0 Å². The smallest absolute Gasteiger partial charge is 0.0477 e. The summed E-state index contributed by atoms with van der Waals surface area (Å²) in [7, 11) is 0. The van der Waals surface area contributed by atoms with Crippen molar-refractivity contribution >= 4 is 11.9 Å². The van der Waals surface area contributed by atoms with Crippen molar-refractivity contribution in [1.82, 2.24) is 9.21 Å². The first-order valence-corrected chi connectivity index (χ1v) is 10.4. The Bertz CT molecular complexity index is 276. The largest absolute Gasteiger partial charge is 0.381 e. The molecular weight excluding hydrogens is 292 g/mol. The van der Waals surface area contributed by atoms with Crippen molar-refractivity contribution in [2.45, 2.75) is 76.5 Å². The Morgan fingerprint density at radius 1 is 1.00 bits per heavy atom. The van der Waals surface area contributed by atoms with Gasteiger partial charge in [0.05, 0.1) is 0 Å². The summed E-state index contributed by atoms with van der Waals surface area (Å²) in [4.78, 5) is 2.71. The summed E-state index contributed by atoms with van der Waals surface area (Å²) in [6.07, 6.45) is 10.9. The maximum absolute atomic E-state index is 5.46. The molecule has 0 saturated carbocycles. The minimum absolute atomic E-state index is 0.775. The number of rotatable bonds is 9. The predicted octanol–water partition coefficient (Wildman–Crippen LogP) is 4.18. The van der Waals surface area contributed by atoms with Crippen LogP contribution in [0.2, 0.25) is 0 Å². The molecule has 130 valence electrons. The van der Waals surface area contributed by atoms with Crippen LogP contribution in [-0.4, -0.2) is 59.9 Å². The SMILES string of the molecule is CCCCCCCC(C)N1CCN(SC2CCOCC2)CC1. The maximum Gasteiger partial charge on any atom is 0.0477 e. The second-order valence-corrected chi connectivity index (χ2v) is 8.33. The first-order valence-electron chi connectivity index (χ1n) is 9.53. The molecule has 0 aromatic rings. The molecule has 22 heavy (non-hydrogen) atoms. The zero-order chi connectivity index (χ0) is 15.6. The second kappa shape index (κ2) is 10.9. The van der Waals surface area contributed by atoms with E-state index in [-0.39, 0.29) is 0 Å². The van der Waals surface area contributed by atoms with Gasteiger partial charge in [-0.15, -0.1) is 0 Å². The van der Waals surface area contributed by atoms with Gasteiger partial charge in [-0.25, -0.2) is 4.31 Å². The normalized spacial score (nSPS) is 23.7. The predicted molar refractivity (Wildman–Crippen MR) is 97.4 cm³/mol. The number of piperazine rings is 1. The standard InChI is InChI=1S/C18H36N2OS/c1-3-4-5-6-7-8-17(2)19-11-13-20(14-12-19)22-18-9-15-21-16-10-18/h17-18H,3-16H2,1-2H3. The highest BCUT2D eigenvalue weighted by Crippen LogP contribution is 2.27. The van der Waals surface area contributed by atoms with Crippen LogP contribution in [0, 0.1) is 0 Å². The number of ether oxygens (including phenoxy) is 1. The zero-order valence-corrected chi connectivity index (χ0v) is 15.6. The van der Waals surface area contributed by atoms with Crippen molar-refractivity contribution in [2.75, 3.05) is 39.4 Å². The molecule has 2 rings (SSSR count). The Morgan fingerprint density at radius 3 is 2.36 bits per heavy atom. The van der Waals surface area contributed by atoms with Gasteiger partial charge in [0, 0.05) is 50.7 Å². The lowest BCUT2D eigenvalue weighted by Crippen LogP contribution is -2.47. The quantitative estimate of drug-likeness (QED) is 0.466. The maximum atomic E-state index is 5.46. The fourth-order valence-electron chi connectivity index (χ4n) is 3.47. The van der Waals surface area contributed by atoms with Gasteiger partial charge in [-0.2, -0.15) is 0 Å². The summed E-state index contributed by atoms with van der Waals surface area (Å²) in [5.74, 6) is 0. The molecule has 4 heteroatoms. The van der Waals surface area contributed by atoms with Gasteiger partial charge in [0.2, 0.25) is 0 Å². The van der Waals surface area contributed by atoms with Gasteiger partial charge < -0.3 is 4.74 Å². The molecule has 0 aromatic heterocycles. The first-order chi connectivity index (χ1) is 10.8. The van der Waals surface area contributed by atoms with Crippen LogP contribution < -0.4 is 0 Å². The summed E-state index contributed by atoms with van der Waals surface area (Å²) in [6.45, 7) is 11.6. The number of hydrogen-bond acceptors (Lipinski definition) is 4. The third-order valence-corrected chi connectivity index (χ3v) is 6.52. The second-order valence-electron chi connectivity index (χ2n) is 6.93. The van der Waals surface area contributed by atoms with Crippen molar-refractivity contribution in [3.63, 3.8) is 0 Å². The van der Waals surface area contributed by atoms with Crippen molar-refractivity contribution < 1.29 is 4.74 Å². The van der Waals surface area contributed by atoms with Crippen LogP contribution in [0.25, 0.3) is 0 Å². The molecule has 1 atom stereocenters. The molecule has 0 N–H and O–H groups in total. The lowest BCUT2D eigenvalue weighted by molar-refractivity contribution is 0.0984. The van der Waals surface area contributed by atoms with E-state index in [0.717, 1.165) is 24.5 Å². The van der Waals surface area contributed by atoms with Crippen molar-refractivity contribution in [3.05, 3.63) is 0 Å². The zero-order valence-electron chi connectivity index (χ0n) is 14.8. The van der Waals surface area contributed by atoms with Crippen LogP contribution in [0.4, 0.5) is 0 Å². The van der Waals surface area contributed by atoms with E-state index in [9.17, 15) is 0 Å². The van der Waals surface area contributed by atoms with E-state index in [2.05, 4.69) is 35.0 Å². The molecule has 0 spiro atoms. The van der Waals surface area contributed by atoms with E-state index in [1.54, 1.807) is 0 Å². The molecule has 2 fully saturated rings. The minimum Gasteiger partial charge on any atom is -0.381 e. The van der Waals surface area contributed by atoms with E-state index >= 15 is 0 Å². The molecule has 3 nitrogen and oxygen atoms in total. The van der Waals surface area contributed by atoms with Crippen LogP contribution in [0.15, 0.2) is 0 Å². The van der Waals surface area contributed by atoms with E-state index < -0.39 is 0 Å². The average Bonchev–Trinajstić information content (AvgIpc) is 2.56. The van der Waals surface area contributed by atoms with Gasteiger partial charge in [0.25, 0.3) is 0 Å². The molecule has 2 heterocycles. The van der Waals surface area contributed by atoms with E-state index in [1.807, 2.05) is 0 Å². The minimum atomic E-state index is 0.775. The fourth-order valence-corrected chi connectivity index (χ4v) is 4.67. The molecule has 2 saturated heterocycles. The monoisotopic (exact) mass is 328 g/mol. The van der Waals surface area contributed by atoms with E-state index in [4.69, 9.17) is 4.74 Å². The number of unbranched alkanes of at least 4 members (excludes halogenated alkanes) is 4. The summed E-state index contributed by atoms with van der Waals surface area (Å²) in [5.41, 5.74) is 0. The Labute approximate surface area is 142 Å². The molecular formula is C18H36N2OS. The third kappa shape index (κ3) is 6.77. The first kappa shape index (κ1) is 18.6. The lowest BCUT2D eigenvalue weighted by Gasteiger charge is -2.39. The van der Waals surface area contributed by atoms with E-state index in [0.29, 0.717) is 0 Å². The van der Waals surface area contributed by atoms with Crippen LogP contribution in [-0.2, 0) is 4.74 Å². The van der Waals surface area contributed by atoms with Crippen molar-refractivity contribution in [1.29, 1.82) is 0 Å². The summed E-state index contributed by atoms with van der Waals surface area (Å²) >= 11 is 2.11. The van der Waals surface area contributed by atoms with Crippen LogP contribution in [0.1, 0.15) is 65.2 Å². The average molecular weight is 329 g/mol. The summed E-state index contributed by atoms with van der Waals surface area (Å²) < 4.78 is 8.07. The Morgan fingerprint density at radius 2 is 1.68 bits per heavy atom. The van der Waals surface area contributed by atoms with Gasteiger partial charge in [-0.1, -0.05) is 51.0 Å². The molecule has 1 unspecified atom stereocenters.